The summed E-state index contributed by atoms with van der Waals surface area (Å²) in [6.45, 7) is 0. The molecule has 1 heterocycles. The van der Waals surface area contributed by atoms with Crippen LogP contribution in [0.4, 0.5) is 10.1 Å². The number of halogens is 2. The van der Waals surface area contributed by atoms with Crippen LogP contribution in [0.25, 0.3) is 11.0 Å². The zero-order valence-corrected chi connectivity index (χ0v) is 14.8. The van der Waals surface area contributed by atoms with E-state index in [4.69, 9.17) is 11.6 Å². The van der Waals surface area contributed by atoms with Gasteiger partial charge in [-0.25, -0.2) is 9.18 Å². The number of benzene rings is 2. The number of carbonyl (C=O) groups is 1. The number of aromatic nitrogens is 2. The first-order chi connectivity index (χ1) is 12.4. The maximum absolute atomic E-state index is 14.2. The van der Waals surface area contributed by atoms with Crippen molar-refractivity contribution in [2.75, 3.05) is 5.32 Å². The minimum Gasteiger partial charge on any atom is -0.326 e. The number of rotatable bonds is 3. The van der Waals surface area contributed by atoms with E-state index in [-0.39, 0.29) is 29.2 Å². The Morgan fingerprint density at radius 3 is 2.77 bits per heavy atom. The molecule has 1 saturated carbocycles. The summed E-state index contributed by atoms with van der Waals surface area (Å²) < 4.78 is 15.6. The molecule has 1 aliphatic carbocycles. The van der Waals surface area contributed by atoms with Gasteiger partial charge in [0.2, 0.25) is 5.91 Å². The maximum atomic E-state index is 14.2. The van der Waals surface area contributed by atoms with E-state index < -0.39 is 0 Å². The number of anilines is 1. The summed E-state index contributed by atoms with van der Waals surface area (Å²) in [7, 11) is 1.66. The molecule has 0 spiro atoms. The number of aryl methyl sites for hydroxylation is 1. The molecule has 2 atom stereocenters. The quantitative estimate of drug-likeness (QED) is 0.733. The number of hydrogen-bond acceptors (Lipinski definition) is 2. The van der Waals surface area contributed by atoms with Crippen molar-refractivity contribution in [3.8, 4) is 0 Å². The molecule has 2 unspecified atom stereocenters. The highest BCUT2D eigenvalue weighted by Crippen LogP contribution is 2.44. The Hall–Kier alpha value is -2.60. The van der Waals surface area contributed by atoms with Crippen molar-refractivity contribution in [3.63, 3.8) is 0 Å². The first kappa shape index (κ1) is 16.8. The van der Waals surface area contributed by atoms with Crippen LogP contribution in [0, 0.1) is 11.7 Å². The van der Waals surface area contributed by atoms with E-state index in [1.54, 1.807) is 37.4 Å². The molecule has 134 valence electrons. The zero-order chi connectivity index (χ0) is 18.4. The summed E-state index contributed by atoms with van der Waals surface area (Å²) >= 11 is 5.81. The van der Waals surface area contributed by atoms with Crippen LogP contribution in [0.15, 0.2) is 41.2 Å². The number of nitrogens with zero attached hydrogens (tertiary/aromatic N) is 1. The molecular weight excluding hydrogens is 357 g/mol. The van der Waals surface area contributed by atoms with E-state index in [0.29, 0.717) is 33.7 Å². The Morgan fingerprint density at radius 2 is 2.08 bits per heavy atom. The second-order valence-electron chi connectivity index (χ2n) is 6.67. The third kappa shape index (κ3) is 2.80. The molecule has 4 rings (SSSR count). The Balaban J connectivity index is 1.55. The fraction of sp³-hybridized carbons (Fsp3) is 0.263. The van der Waals surface area contributed by atoms with Gasteiger partial charge in [0.25, 0.3) is 0 Å². The maximum Gasteiger partial charge on any atom is 0.326 e. The van der Waals surface area contributed by atoms with Gasteiger partial charge in [0.15, 0.2) is 0 Å². The molecular formula is C19H17ClFN3O2. The summed E-state index contributed by atoms with van der Waals surface area (Å²) in [5, 5.41) is 3.23. The van der Waals surface area contributed by atoms with Crippen LogP contribution in [-0.4, -0.2) is 15.5 Å². The number of imidazole rings is 1. The molecule has 1 aromatic heterocycles. The SMILES string of the molecule is Cn1c(=O)[nH]c2ccc(NC(=O)C3CCC3c3ccc(Cl)cc3F)cc21. The standard InChI is InChI=1S/C19H17ClFN3O2/c1-24-17-9-11(3-7-16(17)23-19(24)26)22-18(25)14-6-5-12(14)13-4-2-10(20)8-15(13)21/h2-4,7-9,12,14H,5-6H2,1H3,(H,22,25)(H,23,26). The topological polar surface area (TPSA) is 66.9 Å². The van der Waals surface area contributed by atoms with E-state index in [0.717, 1.165) is 6.42 Å². The van der Waals surface area contributed by atoms with E-state index in [1.807, 2.05) is 0 Å². The molecule has 0 aliphatic heterocycles. The third-order valence-corrected chi connectivity index (χ3v) is 5.38. The lowest BCUT2D eigenvalue weighted by atomic mass is 9.69. The van der Waals surface area contributed by atoms with Gasteiger partial charge < -0.3 is 10.3 Å². The van der Waals surface area contributed by atoms with Crippen LogP contribution in [0.3, 0.4) is 0 Å². The number of fused-ring (bicyclic) bond motifs is 1. The molecule has 0 bridgehead atoms. The number of carbonyl (C=O) groups excluding carboxylic acids is 1. The molecule has 3 aromatic rings. The first-order valence-electron chi connectivity index (χ1n) is 8.38. The average Bonchev–Trinajstić information content (AvgIpc) is 2.83. The van der Waals surface area contributed by atoms with Crippen molar-refractivity contribution in [1.29, 1.82) is 0 Å². The number of amides is 1. The van der Waals surface area contributed by atoms with Crippen molar-refractivity contribution < 1.29 is 9.18 Å². The van der Waals surface area contributed by atoms with Gasteiger partial charge in [-0.1, -0.05) is 17.7 Å². The summed E-state index contributed by atoms with van der Waals surface area (Å²) in [6.07, 6.45) is 1.48. The van der Waals surface area contributed by atoms with Crippen LogP contribution in [-0.2, 0) is 11.8 Å². The molecule has 0 saturated heterocycles. The van der Waals surface area contributed by atoms with Gasteiger partial charge in [-0.3, -0.25) is 9.36 Å². The predicted octanol–water partition coefficient (Wildman–Crippen LogP) is 3.79. The van der Waals surface area contributed by atoms with Crippen molar-refractivity contribution in [2.24, 2.45) is 13.0 Å². The number of aromatic amines is 1. The third-order valence-electron chi connectivity index (χ3n) is 5.15. The average molecular weight is 374 g/mol. The van der Waals surface area contributed by atoms with E-state index >= 15 is 0 Å². The van der Waals surface area contributed by atoms with Crippen molar-refractivity contribution in [3.05, 3.63) is 63.3 Å². The highest BCUT2D eigenvalue weighted by molar-refractivity contribution is 6.30. The van der Waals surface area contributed by atoms with Crippen LogP contribution in [0.5, 0.6) is 0 Å². The summed E-state index contributed by atoms with van der Waals surface area (Å²) in [5.41, 5.74) is 2.35. The van der Waals surface area contributed by atoms with Gasteiger partial charge in [-0.2, -0.15) is 0 Å². The predicted molar refractivity (Wildman–Crippen MR) is 99.0 cm³/mol. The molecule has 1 fully saturated rings. The highest BCUT2D eigenvalue weighted by atomic mass is 35.5. The van der Waals surface area contributed by atoms with E-state index in [1.165, 1.54) is 10.6 Å². The van der Waals surface area contributed by atoms with Crippen molar-refractivity contribution in [1.82, 2.24) is 9.55 Å². The number of H-pyrrole nitrogens is 1. The number of nitrogens with one attached hydrogen (secondary N) is 2. The van der Waals surface area contributed by atoms with Crippen molar-refractivity contribution in [2.45, 2.75) is 18.8 Å². The minimum atomic E-state index is -0.372. The molecule has 1 amide bonds. The molecule has 5 nitrogen and oxygen atoms in total. The van der Waals surface area contributed by atoms with Crippen LogP contribution in [0.1, 0.15) is 24.3 Å². The summed E-state index contributed by atoms with van der Waals surface area (Å²) in [6, 6.07) is 9.83. The van der Waals surface area contributed by atoms with Gasteiger partial charge in [0.1, 0.15) is 5.82 Å². The minimum absolute atomic E-state index is 0.143. The monoisotopic (exact) mass is 373 g/mol. The Kier molecular flexibility index (Phi) is 4.07. The largest absolute Gasteiger partial charge is 0.326 e. The summed E-state index contributed by atoms with van der Waals surface area (Å²) in [4.78, 5) is 27.0. The van der Waals surface area contributed by atoms with Gasteiger partial charge in [0.05, 0.1) is 11.0 Å². The van der Waals surface area contributed by atoms with Gasteiger partial charge >= 0.3 is 5.69 Å². The molecule has 26 heavy (non-hydrogen) atoms. The highest BCUT2D eigenvalue weighted by Gasteiger charge is 2.38. The lowest BCUT2D eigenvalue weighted by molar-refractivity contribution is -0.123. The van der Waals surface area contributed by atoms with Gasteiger partial charge in [0, 0.05) is 23.7 Å². The van der Waals surface area contributed by atoms with Crippen LogP contribution in [0.2, 0.25) is 5.02 Å². The van der Waals surface area contributed by atoms with Gasteiger partial charge in [-0.05, 0) is 54.7 Å². The fourth-order valence-electron chi connectivity index (χ4n) is 3.52. The summed E-state index contributed by atoms with van der Waals surface area (Å²) in [5.74, 6) is -0.941. The van der Waals surface area contributed by atoms with Crippen LogP contribution < -0.4 is 11.0 Å². The van der Waals surface area contributed by atoms with E-state index in [2.05, 4.69) is 10.3 Å². The lowest BCUT2D eigenvalue weighted by Crippen LogP contribution is -2.35. The Morgan fingerprint density at radius 1 is 1.27 bits per heavy atom. The first-order valence-corrected chi connectivity index (χ1v) is 8.76. The second kappa shape index (κ2) is 6.29. The second-order valence-corrected chi connectivity index (χ2v) is 7.10. The molecule has 0 radical (unpaired) electrons. The normalized spacial score (nSPS) is 19.3. The molecule has 2 aromatic carbocycles. The smallest absolute Gasteiger partial charge is 0.326 e. The van der Waals surface area contributed by atoms with Crippen molar-refractivity contribution >= 4 is 34.2 Å². The zero-order valence-electron chi connectivity index (χ0n) is 14.1. The molecule has 2 N–H and O–H groups in total. The molecule has 7 heteroatoms. The fourth-order valence-corrected chi connectivity index (χ4v) is 3.68. The Bertz CT molecular complexity index is 1070. The number of hydrogen-bond donors (Lipinski definition) is 2. The Labute approximate surface area is 153 Å². The van der Waals surface area contributed by atoms with Gasteiger partial charge in [-0.15, -0.1) is 0 Å². The molecule has 1 aliphatic rings. The lowest BCUT2D eigenvalue weighted by Gasteiger charge is -2.36. The van der Waals surface area contributed by atoms with Crippen LogP contribution >= 0.6 is 11.6 Å². The van der Waals surface area contributed by atoms with E-state index in [9.17, 15) is 14.0 Å².